The minimum absolute atomic E-state index is 0.106. The first-order chi connectivity index (χ1) is 13.6. The average Bonchev–Trinajstić information content (AvgIpc) is 2.62. The average molecular weight is 456 g/mol. The third-order valence-electron chi connectivity index (χ3n) is 3.76. The van der Waals surface area contributed by atoms with Crippen LogP contribution in [0, 0.1) is 13.8 Å². The molecule has 0 saturated carbocycles. The van der Waals surface area contributed by atoms with E-state index in [9.17, 15) is 22.0 Å². The summed E-state index contributed by atoms with van der Waals surface area (Å²) in [5, 5.41) is 2.61. The van der Waals surface area contributed by atoms with E-state index < -0.39 is 24.0 Å². The highest BCUT2D eigenvalue weighted by molar-refractivity contribution is 7.99. The molecule has 0 bridgehead atoms. The van der Waals surface area contributed by atoms with Crippen LogP contribution in [0.2, 0.25) is 5.02 Å². The number of anilines is 1. The molecule has 11 heteroatoms. The van der Waals surface area contributed by atoms with Crippen LogP contribution in [0.4, 0.5) is 27.8 Å². The lowest BCUT2D eigenvalue weighted by Crippen LogP contribution is -2.11. The topological polar surface area (TPSA) is 47.0 Å². The first kappa shape index (κ1) is 23.5. The molecule has 1 aromatic carbocycles. The number of hydrogen-bond donors (Lipinski definition) is 1. The molecule has 0 unspecified atom stereocenters. The summed E-state index contributed by atoms with van der Waals surface area (Å²) < 4.78 is 68.6. The van der Waals surface area contributed by atoms with Crippen LogP contribution in [0.5, 0.6) is 5.75 Å². The molecule has 0 radical (unpaired) electrons. The summed E-state index contributed by atoms with van der Waals surface area (Å²) in [5.74, 6) is -0.366. The number of nitrogens with one attached hydrogen (secondary N) is 1. The number of rotatable bonds is 9. The maximum Gasteiger partial charge on any atom is 0.398 e. The standard InChI is InChI=1S/C18H19ClF5N3OS/c1-10-6-11(2)13(29-8-18(22,23)24)7-12(10)28-5-3-4-25-17-14(19)15(16(20)21)26-9-27-17/h6-7,9,16H,3-5,8H2,1-2H3,(H,25,26,27). The summed E-state index contributed by atoms with van der Waals surface area (Å²) in [6.07, 6.45) is -5.56. The maximum atomic E-state index is 12.8. The molecule has 4 nitrogen and oxygen atoms in total. The summed E-state index contributed by atoms with van der Waals surface area (Å²) in [6.45, 7) is 4.18. The predicted octanol–water partition coefficient (Wildman–Crippen LogP) is 6.22. The quantitative estimate of drug-likeness (QED) is 0.276. The lowest BCUT2D eigenvalue weighted by atomic mass is 10.1. The van der Waals surface area contributed by atoms with Gasteiger partial charge in [0.25, 0.3) is 6.43 Å². The van der Waals surface area contributed by atoms with Crippen LogP contribution >= 0.6 is 23.4 Å². The molecule has 1 aromatic heterocycles. The van der Waals surface area contributed by atoms with Gasteiger partial charge in [-0.25, -0.2) is 18.7 Å². The molecular formula is C18H19ClF5N3OS. The molecule has 29 heavy (non-hydrogen) atoms. The third-order valence-corrected chi connectivity index (χ3v) is 5.35. The predicted molar refractivity (Wildman–Crippen MR) is 103 cm³/mol. The Kier molecular flexibility index (Phi) is 8.33. The molecule has 0 amide bonds. The van der Waals surface area contributed by atoms with Crippen molar-refractivity contribution in [3.05, 3.63) is 40.3 Å². The first-order valence-corrected chi connectivity index (χ1v) is 9.91. The molecule has 0 atom stereocenters. The van der Waals surface area contributed by atoms with Gasteiger partial charge >= 0.3 is 6.18 Å². The third kappa shape index (κ3) is 7.18. The van der Waals surface area contributed by atoms with Gasteiger partial charge in [0, 0.05) is 11.4 Å². The number of hydrogen-bond acceptors (Lipinski definition) is 5. The van der Waals surface area contributed by atoms with Gasteiger partial charge in [0.2, 0.25) is 0 Å². The Labute approximate surface area is 174 Å². The molecule has 160 valence electrons. The Bertz CT molecular complexity index is 836. The van der Waals surface area contributed by atoms with Gasteiger partial charge in [-0.2, -0.15) is 13.2 Å². The Morgan fingerprint density at radius 3 is 2.55 bits per heavy atom. The van der Waals surface area contributed by atoms with E-state index in [-0.39, 0.29) is 17.4 Å². The monoisotopic (exact) mass is 455 g/mol. The largest absolute Gasteiger partial charge is 0.493 e. The lowest BCUT2D eigenvalue weighted by molar-refractivity contribution is -0.105. The van der Waals surface area contributed by atoms with Crippen molar-refractivity contribution in [2.24, 2.45) is 0 Å². The maximum absolute atomic E-state index is 12.8. The number of ether oxygens (including phenoxy) is 1. The molecule has 0 aliphatic carbocycles. The Balaban J connectivity index is 1.88. The molecular weight excluding hydrogens is 437 g/mol. The molecule has 0 aliphatic rings. The Morgan fingerprint density at radius 2 is 1.90 bits per heavy atom. The lowest BCUT2D eigenvalue weighted by Gasteiger charge is -2.14. The number of aryl methyl sites for hydroxylation is 2. The minimum atomic E-state index is -4.25. The van der Waals surface area contributed by atoms with Gasteiger partial charge in [0.05, 0.1) is 12.4 Å². The molecule has 0 spiro atoms. The summed E-state index contributed by atoms with van der Waals surface area (Å²) in [7, 11) is 0. The number of halogens is 6. The Hall–Kier alpha value is -1.81. The first-order valence-electron chi connectivity index (χ1n) is 8.54. The van der Waals surface area contributed by atoms with Crippen molar-refractivity contribution in [3.63, 3.8) is 0 Å². The fourth-order valence-electron chi connectivity index (χ4n) is 2.40. The number of aromatic nitrogens is 2. The second kappa shape index (κ2) is 10.3. The second-order valence-electron chi connectivity index (χ2n) is 6.14. The van der Waals surface area contributed by atoms with Gasteiger partial charge in [0.15, 0.2) is 0 Å². The van der Waals surface area contributed by atoms with E-state index in [2.05, 4.69) is 15.3 Å². The van der Waals surface area contributed by atoms with Crippen molar-refractivity contribution in [1.29, 1.82) is 0 Å². The Morgan fingerprint density at radius 1 is 1.17 bits per heavy atom. The zero-order chi connectivity index (χ0) is 21.6. The smallest absolute Gasteiger partial charge is 0.398 e. The second-order valence-corrected chi connectivity index (χ2v) is 7.53. The molecule has 0 aliphatic heterocycles. The van der Waals surface area contributed by atoms with Crippen molar-refractivity contribution in [3.8, 4) is 5.75 Å². The number of nitrogens with zero attached hydrogens (tertiary/aromatic N) is 2. The highest BCUT2D eigenvalue weighted by Gasteiger charge is 2.27. The van der Waals surface area contributed by atoms with Crippen LogP contribution in [0.15, 0.2) is 23.4 Å². The number of thioether (sulfide) groups is 1. The van der Waals surface area contributed by atoms with Crippen molar-refractivity contribution < 1.29 is 26.7 Å². The van der Waals surface area contributed by atoms with Crippen LogP contribution in [-0.4, -0.2) is 35.0 Å². The highest BCUT2D eigenvalue weighted by Crippen LogP contribution is 2.34. The molecule has 1 heterocycles. The zero-order valence-electron chi connectivity index (χ0n) is 15.6. The van der Waals surface area contributed by atoms with Gasteiger partial charge in [-0.3, -0.25) is 0 Å². The van der Waals surface area contributed by atoms with Gasteiger partial charge in [0.1, 0.15) is 28.6 Å². The van der Waals surface area contributed by atoms with E-state index in [1.165, 1.54) is 0 Å². The SMILES string of the molecule is Cc1cc(C)c(SCC(F)(F)F)cc1OCCCNc1ncnc(C(F)F)c1Cl. The van der Waals surface area contributed by atoms with E-state index in [4.69, 9.17) is 16.3 Å². The van der Waals surface area contributed by atoms with E-state index >= 15 is 0 Å². The summed E-state index contributed by atoms with van der Waals surface area (Å²) >= 11 is 6.56. The van der Waals surface area contributed by atoms with Crippen molar-refractivity contribution >= 4 is 29.2 Å². The van der Waals surface area contributed by atoms with E-state index in [1.807, 2.05) is 6.92 Å². The van der Waals surface area contributed by atoms with Gasteiger partial charge in [-0.15, -0.1) is 11.8 Å². The van der Waals surface area contributed by atoms with Crippen LogP contribution in [-0.2, 0) is 0 Å². The van der Waals surface area contributed by atoms with Gasteiger partial charge in [-0.1, -0.05) is 17.7 Å². The van der Waals surface area contributed by atoms with Crippen LogP contribution in [0.25, 0.3) is 0 Å². The number of alkyl halides is 5. The summed E-state index contributed by atoms with van der Waals surface area (Å²) in [6, 6.07) is 3.38. The fraction of sp³-hybridized carbons (Fsp3) is 0.444. The summed E-state index contributed by atoms with van der Waals surface area (Å²) in [4.78, 5) is 7.79. The molecule has 2 rings (SSSR count). The molecule has 1 N–H and O–H groups in total. The molecule has 0 fully saturated rings. The fourth-order valence-corrected chi connectivity index (χ4v) is 3.45. The van der Waals surface area contributed by atoms with E-state index in [1.54, 1.807) is 19.1 Å². The van der Waals surface area contributed by atoms with E-state index in [0.717, 1.165) is 17.5 Å². The van der Waals surface area contributed by atoms with E-state index in [0.29, 0.717) is 35.4 Å². The van der Waals surface area contributed by atoms with Crippen molar-refractivity contribution in [2.45, 2.75) is 37.8 Å². The molecule has 2 aromatic rings. The zero-order valence-corrected chi connectivity index (χ0v) is 17.2. The number of benzene rings is 1. The van der Waals surface area contributed by atoms with Gasteiger partial charge < -0.3 is 10.1 Å². The summed E-state index contributed by atoms with van der Waals surface area (Å²) in [5.41, 5.74) is 1.02. The van der Waals surface area contributed by atoms with Crippen molar-refractivity contribution in [1.82, 2.24) is 9.97 Å². The van der Waals surface area contributed by atoms with Crippen molar-refractivity contribution in [2.75, 3.05) is 24.2 Å². The van der Waals surface area contributed by atoms with Crippen LogP contribution in [0.1, 0.15) is 29.7 Å². The minimum Gasteiger partial charge on any atom is -0.493 e. The normalized spacial score (nSPS) is 11.8. The van der Waals surface area contributed by atoms with Crippen LogP contribution in [0.3, 0.4) is 0 Å². The van der Waals surface area contributed by atoms with Crippen LogP contribution < -0.4 is 10.1 Å². The molecule has 0 saturated heterocycles. The van der Waals surface area contributed by atoms with Gasteiger partial charge in [-0.05, 0) is 37.5 Å². The highest BCUT2D eigenvalue weighted by atomic mass is 35.5.